The van der Waals surface area contributed by atoms with E-state index in [1.807, 2.05) is 54.6 Å². The highest BCUT2D eigenvalue weighted by molar-refractivity contribution is 7.99. The molecule has 2 heterocycles. The Hall–Kier alpha value is -2.89. The zero-order valence-corrected chi connectivity index (χ0v) is 15.7. The number of halogens is 1. The lowest BCUT2D eigenvalue weighted by Gasteiger charge is -2.07. The average Bonchev–Trinajstić information content (AvgIpc) is 2.69. The molecule has 4 aromatic rings. The van der Waals surface area contributed by atoms with Crippen LogP contribution >= 0.6 is 23.4 Å². The molecule has 0 unspecified atom stereocenters. The molecule has 132 valence electrons. The lowest BCUT2D eigenvalue weighted by atomic mass is 10.3. The van der Waals surface area contributed by atoms with Gasteiger partial charge in [-0.3, -0.25) is 14.2 Å². The highest BCUT2D eigenvalue weighted by Crippen LogP contribution is 2.27. The van der Waals surface area contributed by atoms with E-state index in [1.165, 1.54) is 16.2 Å². The summed E-state index contributed by atoms with van der Waals surface area (Å²) >= 11 is 7.46. The van der Waals surface area contributed by atoms with Crippen molar-refractivity contribution in [1.82, 2.24) is 9.38 Å². The number of fused-ring (bicyclic) bond motifs is 1. The zero-order chi connectivity index (χ0) is 18.6. The van der Waals surface area contributed by atoms with Crippen molar-refractivity contribution in [1.29, 1.82) is 0 Å². The second-order valence-corrected chi connectivity index (χ2v) is 7.22. The summed E-state index contributed by atoms with van der Waals surface area (Å²) in [6.45, 7) is 0. The molecule has 0 saturated heterocycles. The van der Waals surface area contributed by atoms with Gasteiger partial charge in [-0.2, -0.15) is 0 Å². The van der Waals surface area contributed by atoms with Gasteiger partial charge in [0.2, 0.25) is 0 Å². The summed E-state index contributed by atoms with van der Waals surface area (Å²) in [5, 5.41) is 1.21. The Labute approximate surface area is 165 Å². The van der Waals surface area contributed by atoms with Crippen molar-refractivity contribution in [3.8, 4) is 0 Å². The largest absolute Gasteiger partial charge is 0.268 e. The van der Waals surface area contributed by atoms with Crippen LogP contribution in [-0.4, -0.2) is 15.6 Å². The Balaban J connectivity index is 1.84. The monoisotopic (exact) mass is 391 g/mol. The van der Waals surface area contributed by atoms with Crippen LogP contribution in [0.3, 0.4) is 0 Å². The molecular formula is C21H14ClN3OS. The summed E-state index contributed by atoms with van der Waals surface area (Å²) < 4.78 is 1.52. The second-order valence-electron chi connectivity index (χ2n) is 5.72. The number of hydrogen-bond donors (Lipinski definition) is 0. The molecule has 2 aromatic heterocycles. The van der Waals surface area contributed by atoms with Crippen molar-refractivity contribution >= 4 is 40.9 Å². The number of aromatic nitrogens is 2. The van der Waals surface area contributed by atoms with Crippen molar-refractivity contribution in [2.45, 2.75) is 9.92 Å². The first-order valence-electron chi connectivity index (χ1n) is 8.25. The molecule has 0 aliphatic heterocycles. The minimum Gasteiger partial charge on any atom is -0.268 e. The highest BCUT2D eigenvalue weighted by Gasteiger charge is 2.12. The first kappa shape index (κ1) is 17.5. The van der Waals surface area contributed by atoms with E-state index in [1.54, 1.807) is 30.6 Å². The minimum absolute atomic E-state index is 0.162. The lowest BCUT2D eigenvalue weighted by Crippen LogP contribution is -2.20. The van der Waals surface area contributed by atoms with Crippen LogP contribution in [-0.2, 0) is 0 Å². The van der Waals surface area contributed by atoms with Gasteiger partial charge in [0.1, 0.15) is 10.7 Å². The van der Waals surface area contributed by atoms with E-state index in [9.17, 15) is 4.79 Å². The second kappa shape index (κ2) is 7.78. The molecule has 0 bridgehead atoms. The lowest BCUT2D eigenvalue weighted by molar-refractivity contribution is 0.977. The minimum atomic E-state index is -0.162. The Morgan fingerprint density at radius 2 is 1.81 bits per heavy atom. The van der Waals surface area contributed by atoms with E-state index in [0.29, 0.717) is 26.9 Å². The predicted molar refractivity (Wildman–Crippen MR) is 111 cm³/mol. The highest BCUT2D eigenvalue weighted by atomic mass is 35.5. The molecular weight excluding hydrogens is 378 g/mol. The van der Waals surface area contributed by atoms with E-state index in [-0.39, 0.29) is 5.56 Å². The van der Waals surface area contributed by atoms with Gasteiger partial charge in [0.05, 0.1) is 11.3 Å². The van der Waals surface area contributed by atoms with E-state index in [0.717, 1.165) is 4.90 Å². The summed E-state index contributed by atoms with van der Waals surface area (Å²) in [4.78, 5) is 23.1. The normalized spacial score (nSPS) is 11.3. The molecule has 27 heavy (non-hydrogen) atoms. The van der Waals surface area contributed by atoms with Crippen LogP contribution in [0.1, 0.15) is 5.56 Å². The summed E-state index contributed by atoms with van der Waals surface area (Å²) in [5.74, 6) is 0. The van der Waals surface area contributed by atoms with Crippen molar-refractivity contribution in [3.05, 3.63) is 99.9 Å². The third kappa shape index (κ3) is 3.94. The van der Waals surface area contributed by atoms with E-state index in [4.69, 9.17) is 11.6 Å². The number of benzene rings is 2. The molecule has 0 aliphatic carbocycles. The third-order valence-corrected chi connectivity index (χ3v) is 5.09. The molecule has 0 radical (unpaired) electrons. The molecule has 0 fully saturated rings. The van der Waals surface area contributed by atoms with Crippen LogP contribution in [0.5, 0.6) is 0 Å². The molecule has 2 aromatic carbocycles. The van der Waals surface area contributed by atoms with Gasteiger partial charge in [-0.05, 0) is 42.5 Å². The Morgan fingerprint density at radius 3 is 2.63 bits per heavy atom. The SMILES string of the molecule is O=c1c(C=Nc2cccc(Cl)c2)c(Sc2ccccc2)nc2ccccn12. The van der Waals surface area contributed by atoms with E-state index < -0.39 is 0 Å². The molecule has 0 N–H and O–H groups in total. The van der Waals surface area contributed by atoms with Crippen LogP contribution in [0.2, 0.25) is 5.02 Å². The molecule has 0 saturated carbocycles. The maximum absolute atomic E-state index is 13.0. The van der Waals surface area contributed by atoms with Crippen LogP contribution in [0.25, 0.3) is 5.65 Å². The molecule has 0 aliphatic rings. The molecule has 0 atom stereocenters. The average molecular weight is 392 g/mol. The smallest absolute Gasteiger partial charge is 0.267 e. The molecule has 6 heteroatoms. The van der Waals surface area contributed by atoms with E-state index in [2.05, 4.69) is 9.98 Å². The fourth-order valence-electron chi connectivity index (χ4n) is 2.57. The first-order chi connectivity index (χ1) is 13.2. The van der Waals surface area contributed by atoms with Crippen LogP contribution in [0.4, 0.5) is 5.69 Å². The number of rotatable bonds is 4. The Kier molecular flexibility index (Phi) is 5.05. The Bertz CT molecular complexity index is 1190. The number of aliphatic imine (C=N–C) groups is 1. The topological polar surface area (TPSA) is 46.7 Å². The van der Waals surface area contributed by atoms with Crippen LogP contribution in [0, 0.1) is 0 Å². The van der Waals surface area contributed by atoms with Crippen molar-refractivity contribution in [3.63, 3.8) is 0 Å². The summed E-state index contributed by atoms with van der Waals surface area (Å²) in [6.07, 6.45) is 3.27. The summed E-state index contributed by atoms with van der Waals surface area (Å²) in [6, 6.07) is 22.5. The zero-order valence-electron chi connectivity index (χ0n) is 14.1. The maximum atomic E-state index is 13.0. The van der Waals surface area contributed by atoms with Gasteiger partial charge in [-0.25, -0.2) is 4.98 Å². The fourth-order valence-corrected chi connectivity index (χ4v) is 3.66. The molecule has 4 nitrogen and oxygen atoms in total. The fraction of sp³-hybridized carbons (Fsp3) is 0. The van der Waals surface area contributed by atoms with Crippen molar-refractivity contribution in [2.24, 2.45) is 4.99 Å². The third-order valence-electron chi connectivity index (χ3n) is 3.84. The van der Waals surface area contributed by atoms with Crippen molar-refractivity contribution < 1.29 is 0 Å². The van der Waals surface area contributed by atoms with Gasteiger partial charge in [-0.15, -0.1) is 0 Å². The molecule has 0 spiro atoms. The van der Waals surface area contributed by atoms with Gasteiger partial charge < -0.3 is 0 Å². The number of hydrogen-bond acceptors (Lipinski definition) is 4. The molecule has 0 amide bonds. The van der Waals surface area contributed by atoms with Gasteiger partial charge >= 0.3 is 0 Å². The van der Waals surface area contributed by atoms with Crippen molar-refractivity contribution in [2.75, 3.05) is 0 Å². The van der Waals surface area contributed by atoms with Crippen LogP contribution in [0.15, 0.2) is 98.7 Å². The van der Waals surface area contributed by atoms with E-state index >= 15 is 0 Å². The van der Waals surface area contributed by atoms with Crippen LogP contribution < -0.4 is 5.56 Å². The van der Waals surface area contributed by atoms with Gasteiger partial charge in [0.25, 0.3) is 5.56 Å². The molecule has 4 rings (SSSR count). The quantitative estimate of drug-likeness (QED) is 0.352. The number of nitrogens with zero attached hydrogens (tertiary/aromatic N) is 3. The summed E-state index contributed by atoms with van der Waals surface area (Å²) in [5.41, 5.74) is 1.55. The van der Waals surface area contributed by atoms with Gasteiger partial charge in [0, 0.05) is 22.3 Å². The number of pyridine rings is 1. The summed E-state index contributed by atoms with van der Waals surface area (Å²) in [7, 11) is 0. The standard InChI is InChI=1S/C21H14ClN3OS/c22-15-7-6-8-16(13-15)23-14-18-20(27-17-9-2-1-3-10-17)24-19-11-4-5-12-25(19)21(18)26/h1-14H. The maximum Gasteiger partial charge on any atom is 0.267 e. The van der Waals surface area contributed by atoms with Gasteiger partial charge in [-0.1, -0.05) is 53.7 Å². The van der Waals surface area contributed by atoms with Gasteiger partial charge in [0.15, 0.2) is 0 Å². The first-order valence-corrected chi connectivity index (χ1v) is 9.44. The predicted octanol–water partition coefficient (Wildman–Crippen LogP) is 5.25. The Morgan fingerprint density at radius 1 is 1.00 bits per heavy atom.